The molecule has 0 bridgehead atoms. The van der Waals surface area contributed by atoms with Crippen molar-refractivity contribution in [1.82, 2.24) is 0 Å². The van der Waals surface area contributed by atoms with Crippen LogP contribution in [0.15, 0.2) is 0 Å². The van der Waals surface area contributed by atoms with Crippen molar-refractivity contribution in [3.8, 4) is 0 Å². The van der Waals surface area contributed by atoms with E-state index < -0.39 is 61.9 Å². The molecule has 0 aliphatic carbocycles. The van der Waals surface area contributed by atoms with Crippen LogP contribution in [0.1, 0.15) is 64.7 Å². The van der Waals surface area contributed by atoms with Gasteiger partial charge in [-0.3, -0.25) is 0 Å². The average Bonchev–Trinajstić information content (AvgIpc) is 2.53. The van der Waals surface area contributed by atoms with Crippen LogP contribution in [0.4, 0.5) is 35.1 Å². The van der Waals surface area contributed by atoms with E-state index >= 15 is 0 Å². The van der Waals surface area contributed by atoms with E-state index in [4.69, 9.17) is 10.8 Å². The van der Waals surface area contributed by atoms with Crippen LogP contribution in [0.3, 0.4) is 0 Å². The maximum absolute atomic E-state index is 13.7. The van der Waals surface area contributed by atoms with E-state index in [0.717, 1.165) is 6.42 Å². The van der Waals surface area contributed by atoms with Crippen molar-refractivity contribution >= 4 is 0 Å². The molecule has 0 aliphatic heterocycles. The molecule has 0 saturated heterocycles. The molecule has 0 saturated carbocycles. The second-order valence-corrected chi connectivity index (χ2v) is 6.50. The Kier molecular flexibility index (Phi) is 9.81. The van der Waals surface area contributed by atoms with E-state index in [9.17, 15) is 35.1 Å². The predicted molar refractivity (Wildman–Crippen MR) is 82.1 cm³/mol. The average molecular weight is 401 g/mol. The van der Waals surface area contributed by atoms with Gasteiger partial charge in [-0.2, -0.15) is 35.1 Å². The summed E-state index contributed by atoms with van der Waals surface area (Å²) in [4.78, 5) is 0. The van der Waals surface area contributed by atoms with Crippen molar-refractivity contribution in [3.63, 3.8) is 0 Å². The Hall–Kier alpha value is -0.640. The molecule has 0 aliphatic rings. The lowest BCUT2D eigenvalue weighted by Crippen LogP contribution is -2.62. The molecular weight excluding hydrogens is 374 g/mol. The third-order valence-corrected chi connectivity index (χ3v) is 4.21. The van der Waals surface area contributed by atoms with Crippen molar-refractivity contribution in [3.05, 3.63) is 0 Å². The molecule has 0 aromatic rings. The Morgan fingerprint density at radius 1 is 0.731 bits per heavy atom. The van der Waals surface area contributed by atoms with Crippen LogP contribution in [0.5, 0.6) is 0 Å². The lowest BCUT2D eigenvalue weighted by Gasteiger charge is -2.37. The number of hydrogen-bond donors (Lipinski definition) is 2. The molecule has 158 valence electrons. The third kappa shape index (κ3) is 6.21. The van der Waals surface area contributed by atoms with Gasteiger partial charge in [0.15, 0.2) is 0 Å². The summed E-state index contributed by atoms with van der Waals surface area (Å²) in [7, 11) is 0. The molecule has 2 nitrogen and oxygen atoms in total. The summed E-state index contributed by atoms with van der Waals surface area (Å²) in [5.74, 6) is -23.0. The fourth-order valence-corrected chi connectivity index (χ4v) is 2.40. The molecule has 0 amide bonds. The van der Waals surface area contributed by atoms with E-state index in [2.05, 4.69) is 0 Å². The van der Waals surface area contributed by atoms with E-state index in [1.165, 1.54) is 0 Å². The van der Waals surface area contributed by atoms with Gasteiger partial charge in [-0.05, 0) is 19.3 Å². The summed E-state index contributed by atoms with van der Waals surface area (Å²) in [6, 6.07) is 0. The Bertz CT molecular complexity index is 404. The van der Waals surface area contributed by atoms with Gasteiger partial charge in [0.1, 0.15) is 0 Å². The molecule has 1 unspecified atom stereocenters. The zero-order chi connectivity index (χ0) is 20.6. The number of unbranched alkanes of at least 4 members (excludes halogenated alkanes) is 4. The first-order valence-electron chi connectivity index (χ1n) is 8.66. The molecule has 0 aromatic carbocycles. The molecule has 1 atom stereocenters. The number of halogens is 8. The maximum atomic E-state index is 13.7. The minimum absolute atomic E-state index is 0.123. The molecule has 26 heavy (non-hydrogen) atoms. The predicted octanol–water partition coefficient (Wildman–Crippen LogP) is 5.38. The van der Waals surface area contributed by atoms with Crippen LogP contribution in [0.25, 0.3) is 0 Å². The number of aliphatic hydroxyl groups excluding tert-OH is 1. The van der Waals surface area contributed by atoms with Crippen LogP contribution in [-0.2, 0) is 0 Å². The molecule has 10 heteroatoms. The zero-order valence-corrected chi connectivity index (χ0v) is 14.7. The van der Waals surface area contributed by atoms with Gasteiger partial charge < -0.3 is 10.8 Å². The van der Waals surface area contributed by atoms with Gasteiger partial charge in [0.05, 0.1) is 6.10 Å². The molecular formula is C16H27F8NO. The smallest absolute Gasteiger partial charge is 0.378 e. The molecule has 0 fully saturated rings. The Labute approximate surface area is 148 Å². The Balaban J connectivity index is 5.00. The van der Waals surface area contributed by atoms with Gasteiger partial charge in [0.25, 0.3) is 0 Å². The summed E-state index contributed by atoms with van der Waals surface area (Å²) >= 11 is 0. The van der Waals surface area contributed by atoms with E-state index in [-0.39, 0.29) is 13.0 Å². The number of rotatable bonds is 14. The summed E-state index contributed by atoms with van der Waals surface area (Å²) in [6.07, 6.45) is -4.26. The highest BCUT2D eigenvalue weighted by molar-refractivity contribution is 5.03. The van der Waals surface area contributed by atoms with E-state index in [1.807, 2.05) is 6.92 Å². The van der Waals surface area contributed by atoms with Crippen LogP contribution in [0.2, 0.25) is 0 Å². The standard InChI is InChI=1S/C16H27F8NO/c1-2-3-4-5-6-9-13(17,18)15(21,22)16(23,24)14(19,20)10-7-8-12(26)11-25/h12,26H,2-11,25H2,1H3. The fraction of sp³-hybridized carbons (Fsp3) is 1.00. The second kappa shape index (κ2) is 10.1. The minimum Gasteiger partial charge on any atom is -0.392 e. The number of hydrogen-bond acceptors (Lipinski definition) is 2. The third-order valence-electron chi connectivity index (χ3n) is 4.21. The highest BCUT2D eigenvalue weighted by atomic mass is 19.4. The normalized spacial score (nSPS) is 15.3. The summed E-state index contributed by atoms with van der Waals surface area (Å²) in [5, 5.41) is 9.08. The second-order valence-electron chi connectivity index (χ2n) is 6.50. The Morgan fingerprint density at radius 2 is 1.15 bits per heavy atom. The van der Waals surface area contributed by atoms with Gasteiger partial charge in [0.2, 0.25) is 0 Å². The minimum atomic E-state index is -6.22. The highest BCUT2D eigenvalue weighted by Crippen LogP contribution is 2.55. The Morgan fingerprint density at radius 3 is 1.58 bits per heavy atom. The van der Waals surface area contributed by atoms with Gasteiger partial charge in [-0.25, -0.2) is 0 Å². The van der Waals surface area contributed by atoms with Crippen LogP contribution < -0.4 is 5.73 Å². The first-order valence-corrected chi connectivity index (χ1v) is 8.66. The van der Waals surface area contributed by atoms with Crippen molar-refractivity contribution < 1.29 is 40.2 Å². The van der Waals surface area contributed by atoms with Crippen molar-refractivity contribution in [2.75, 3.05) is 6.54 Å². The largest absolute Gasteiger partial charge is 0.392 e. The van der Waals surface area contributed by atoms with Gasteiger partial charge >= 0.3 is 23.7 Å². The zero-order valence-electron chi connectivity index (χ0n) is 14.7. The molecule has 0 radical (unpaired) electrons. The van der Waals surface area contributed by atoms with Crippen LogP contribution >= 0.6 is 0 Å². The van der Waals surface area contributed by atoms with Crippen molar-refractivity contribution in [1.29, 1.82) is 0 Å². The number of nitrogens with two attached hydrogens (primary N) is 1. The fourth-order valence-electron chi connectivity index (χ4n) is 2.40. The lowest BCUT2D eigenvalue weighted by molar-refractivity contribution is -0.368. The van der Waals surface area contributed by atoms with Gasteiger partial charge in [-0.1, -0.05) is 32.6 Å². The molecule has 0 spiro atoms. The molecule has 0 aromatic heterocycles. The van der Waals surface area contributed by atoms with Crippen molar-refractivity contribution in [2.24, 2.45) is 5.73 Å². The van der Waals surface area contributed by atoms with E-state index in [1.54, 1.807) is 0 Å². The maximum Gasteiger partial charge on any atom is 0.378 e. The topological polar surface area (TPSA) is 46.2 Å². The van der Waals surface area contributed by atoms with Gasteiger partial charge in [-0.15, -0.1) is 0 Å². The lowest BCUT2D eigenvalue weighted by atomic mass is 9.92. The summed E-state index contributed by atoms with van der Waals surface area (Å²) < 4.78 is 109. The molecule has 0 heterocycles. The quantitative estimate of drug-likeness (QED) is 0.303. The SMILES string of the molecule is CCCCCCCC(F)(F)C(F)(F)C(F)(F)C(F)(F)CCCC(O)CN. The van der Waals surface area contributed by atoms with Gasteiger partial charge in [0, 0.05) is 19.4 Å². The van der Waals surface area contributed by atoms with Crippen molar-refractivity contribution in [2.45, 2.75) is 94.5 Å². The number of alkyl halides is 8. The first-order chi connectivity index (χ1) is 11.8. The van der Waals surface area contributed by atoms with E-state index in [0.29, 0.717) is 12.8 Å². The monoisotopic (exact) mass is 401 g/mol. The summed E-state index contributed by atoms with van der Waals surface area (Å²) in [6.45, 7) is 1.51. The molecule has 0 rings (SSSR count). The van der Waals surface area contributed by atoms with Crippen LogP contribution in [0, 0.1) is 0 Å². The number of aliphatic hydroxyl groups is 1. The van der Waals surface area contributed by atoms with Crippen LogP contribution in [-0.4, -0.2) is 41.4 Å². The molecule has 3 N–H and O–H groups in total. The first kappa shape index (κ1) is 25.4. The highest BCUT2D eigenvalue weighted by Gasteiger charge is 2.79. The summed E-state index contributed by atoms with van der Waals surface area (Å²) in [5.41, 5.74) is 5.01.